The molecule has 0 aromatic carbocycles. The van der Waals surface area contributed by atoms with Crippen molar-refractivity contribution >= 4 is 20.1 Å². The van der Waals surface area contributed by atoms with Gasteiger partial charge in [-0.3, -0.25) is 14.9 Å². The quantitative estimate of drug-likeness (QED) is 0.498. The molecule has 2 amide bonds. The Labute approximate surface area is 72.4 Å². The average molecular weight is 187 g/mol. The van der Waals surface area contributed by atoms with Gasteiger partial charge in [0.15, 0.2) is 8.32 Å². The molecule has 0 aromatic rings. The third-order valence-electron chi connectivity index (χ3n) is 1.42. The Hall–Kier alpha value is -0.683. The number of nitrogens with one attached hydrogen (secondary N) is 1. The molecule has 1 N–H and O–H groups in total. The Bertz CT molecular complexity index is 221. The maximum absolute atomic E-state index is 11.0. The smallest absolute Gasteiger partial charge is 0.254 e. The second kappa shape index (κ2) is 2.99. The van der Waals surface area contributed by atoms with Crippen molar-refractivity contribution in [2.75, 3.05) is 0 Å². The summed E-state index contributed by atoms with van der Waals surface area (Å²) in [7, 11) is -1.71. The first-order valence-corrected chi connectivity index (χ1v) is 7.31. The molecular weight excluding hydrogens is 174 g/mol. The molecule has 1 fully saturated rings. The van der Waals surface area contributed by atoms with Crippen LogP contribution in [0.15, 0.2) is 0 Å². The topological polar surface area (TPSA) is 55.4 Å². The lowest BCUT2D eigenvalue weighted by molar-refractivity contribution is -0.127. The Morgan fingerprint density at radius 1 is 1.42 bits per heavy atom. The summed E-state index contributed by atoms with van der Waals surface area (Å²) in [6, 6.07) is 0. The van der Waals surface area contributed by atoms with Gasteiger partial charge in [-0.15, -0.1) is 0 Å². The molecule has 1 unspecified atom stereocenters. The lowest BCUT2D eigenvalue weighted by atomic mass is 10.3. The van der Waals surface area contributed by atoms with Crippen molar-refractivity contribution in [1.29, 1.82) is 0 Å². The van der Waals surface area contributed by atoms with E-state index in [1.165, 1.54) is 0 Å². The van der Waals surface area contributed by atoms with Crippen LogP contribution in [0.4, 0.5) is 0 Å². The minimum absolute atomic E-state index is 0.184. The highest BCUT2D eigenvalue weighted by Crippen LogP contribution is 2.13. The van der Waals surface area contributed by atoms with E-state index in [0.717, 1.165) is 0 Å². The fourth-order valence-corrected chi connectivity index (χ4v) is 2.10. The van der Waals surface area contributed by atoms with E-state index in [1.54, 1.807) is 0 Å². The summed E-state index contributed by atoms with van der Waals surface area (Å²) in [5, 5.41) is 2.21. The van der Waals surface area contributed by atoms with Gasteiger partial charge in [0.05, 0.1) is 6.42 Å². The number of amides is 2. The van der Waals surface area contributed by atoms with Gasteiger partial charge in [-0.2, -0.15) is 0 Å². The summed E-state index contributed by atoms with van der Waals surface area (Å²) < 4.78 is 5.49. The molecule has 1 heterocycles. The van der Waals surface area contributed by atoms with Crippen molar-refractivity contribution in [2.24, 2.45) is 0 Å². The fourth-order valence-electron chi connectivity index (χ4n) is 1.05. The number of carbonyl (C=O) groups excluding carboxylic acids is 2. The zero-order valence-corrected chi connectivity index (χ0v) is 8.51. The monoisotopic (exact) mass is 187 g/mol. The highest BCUT2D eigenvalue weighted by Gasteiger charge is 2.34. The SMILES string of the molecule is C[Si](C)(C)OC1CC(=O)NC1=O. The number of rotatable bonds is 2. The summed E-state index contributed by atoms with van der Waals surface area (Å²) >= 11 is 0. The predicted molar refractivity (Wildman–Crippen MR) is 46.0 cm³/mol. The average Bonchev–Trinajstić information content (AvgIpc) is 2.06. The molecule has 0 aliphatic carbocycles. The van der Waals surface area contributed by atoms with E-state index in [9.17, 15) is 9.59 Å². The van der Waals surface area contributed by atoms with Crippen LogP contribution in [0, 0.1) is 0 Å². The maximum Gasteiger partial charge on any atom is 0.254 e. The first-order valence-electron chi connectivity index (χ1n) is 3.90. The Morgan fingerprint density at radius 3 is 2.33 bits per heavy atom. The molecule has 1 saturated heterocycles. The summed E-state index contributed by atoms with van der Waals surface area (Å²) in [6.45, 7) is 5.97. The van der Waals surface area contributed by atoms with E-state index < -0.39 is 14.4 Å². The van der Waals surface area contributed by atoms with E-state index in [4.69, 9.17) is 4.43 Å². The molecular formula is C7H13NO3Si. The molecule has 0 radical (unpaired) electrons. The molecule has 4 nitrogen and oxygen atoms in total. The standard InChI is InChI=1S/C7H13NO3Si/c1-12(2,3)11-5-4-6(9)8-7(5)10/h5H,4H2,1-3H3,(H,8,9,10). The second-order valence-electron chi connectivity index (χ2n) is 3.84. The number of carbonyl (C=O) groups is 2. The molecule has 0 aromatic heterocycles. The van der Waals surface area contributed by atoms with Gasteiger partial charge in [-0.25, -0.2) is 0 Å². The minimum Gasteiger partial charge on any atom is -0.405 e. The number of imide groups is 1. The van der Waals surface area contributed by atoms with Crippen LogP contribution >= 0.6 is 0 Å². The van der Waals surface area contributed by atoms with Gasteiger partial charge in [0.1, 0.15) is 6.10 Å². The molecule has 1 atom stereocenters. The third kappa shape index (κ3) is 2.42. The van der Waals surface area contributed by atoms with Crippen LogP contribution in [0.25, 0.3) is 0 Å². The van der Waals surface area contributed by atoms with Gasteiger partial charge in [0.25, 0.3) is 5.91 Å². The molecule has 0 saturated carbocycles. The Morgan fingerprint density at radius 2 is 2.00 bits per heavy atom. The Balaban J connectivity index is 2.54. The normalized spacial score (nSPS) is 24.4. The van der Waals surface area contributed by atoms with Crippen molar-refractivity contribution in [3.63, 3.8) is 0 Å². The van der Waals surface area contributed by atoms with Crippen LogP contribution < -0.4 is 5.32 Å². The summed E-state index contributed by atoms with van der Waals surface area (Å²) in [4.78, 5) is 21.8. The van der Waals surface area contributed by atoms with Gasteiger partial charge in [0, 0.05) is 0 Å². The van der Waals surface area contributed by atoms with E-state index in [2.05, 4.69) is 5.32 Å². The minimum atomic E-state index is -1.71. The molecule has 12 heavy (non-hydrogen) atoms. The van der Waals surface area contributed by atoms with E-state index in [-0.39, 0.29) is 18.2 Å². The molecule has 0 spiro atoms. The zero-order chi connectivity index (χ0) is 9.35. The van der Waals surface area contributed by atoms with Crippen molar-refractivity contribution in [1.82, 2.24) is 5.32 Å². The van der Waals surface area contributed by atoms with Gasteiger partial charge in [0.2, 0.25) is 5.91 Å². The van der Waals surface area contributed by atoms with Gasteiger partial charge in [-0.1, -0.05) is 0 Å². The van der Waals surface area contributed by atoms with Crippen molar-refractivity contribution in [3.8, 4) is 0 Å². The van der Waals surface area contributed by atoms with Crippen LogP contribution in [0.3, 0.4) is 0 Å². The van der Waals surface area contributed by atoms with Gasteiger partial charge >= 0.3 is 0 Å². The largest absolute Gasteiger partial charge is 0.405 e. The number of hydrogen-bond acceptors (Lipinski definition) is 3. The van der Waals surface area contributed by atoms with Crippen LogP contribution in [-0.2, 0) is 14.0 Å². The molecule has 0 bridgehead atoms. The predicted octanol–water partition coefficient (Wildman–Crippen LogP) is 0.253. The summed E-state index contributed by atoms with van der Waals surface area (Å²) in [5.74, 6) is -0.523. The third-order valence-corrected chi connectivity index (χ3v) is 2.41. The lowest BCUT2D eigenvalue weighted by Gasteiger charge is -2.20. The maximum atomic E-state index is 11.0. The molecule has 1 aliphatic heterocycles. The van der Waals surface area contributed by atoms with Gasteiger partial charge < -0.3 is 4.43 Å². The van der Waals surface area contributed by atoms with Crippen LogP contribution in [-0.4, -0.2) is 26.2 Å². The number of hydrogen-bond donors (Lipinski definition) is 1. The molecule has 1 aliphatic rings. The highest BCUT2D eigenvalue weighted by molar-refractivity contribution is 6.70. The highest BCUT2D eigenvalue weighted by atomic mass is 28.4. The van der Waals surface area contributed by atoms with Crippen molar-refractivity contribution in [2.45, 2.75) is 32.2 Å². The summed E-state index contributed by atoms with van der Waals surface area (Å²) in [5.41, 5.74) is 0. The Kier molecular flexibility index (Phi) is 2.34. The van der Waals surface area contributed by atoms with Crippen molar-refractivity contribution < 1.29 is 14.0 Å². The van der Waals surface area contributed by atoms with Crippen LogP contribution in [0.1, 0.15) is 6.42 Å². The van der Waals surface area contributed by atoms with Crippen molar-refractivity contribution in [3.05, 3.63) is 0 Å². The molecule has 1 rings (SSSR count). The first-order chi connectivity index (χ1) is 5.38. The van der Waals surface area contributed by atoms with Crippen LogP contribution in [0.2, 0.25) is 19.6 Å². The molecule has 5 heteroatoms. The van der Waals surface area contributed by atoms with E-state index >= 15 is 0 Å². The summed E-state index contributed by atoms with van der Waals surface area (Å²) in [6.07, 6.45) is -0.354. The van der Waals surface area contributed by atoms with E-state index in [1.807, 2.05) is 19.6 Å². The van der Waals surface area contributed by atoms with E-state index in [0.29, 0.717) is 0 Å². The van der Waals surface area contributed by atoms with Gasteiger partial charge in [-0.05, 0) is 19.6 Å². The first kappa shape index (κ1) is 9.41. The second-order valence-corrected chi connectivity index (χ2v) is 8.30. The lowest BCUT2D eigenvalue weighted by Crippen LogP contribution is -2.36. The zero-order valence-electron chi connectivity index (χ0n) is 7.51. The van der Waals surface area contributed by atoms with Crippen LogP contribution in [0.5, 0.6) is 0 Å². The fraction of sp³-hybridized carbons (Fsp3) is 0.714. The molecule has 68 valence electrons.